The van der Waals surface area contributed by atoms with Crippen molar-refractivity contribution in [1.82, 2.24) is 0 Å². The number of aliphatic hydroxyl groups is 1. The van der Waals surface area contributed by atoms with Gasteiger partial charge in [0.25, 0.3) is 0 Å². The monoisotopic (exact) mass is 228 g/mol. The Balaban J connectivity index is 2.94. The van der Waals surface area contributed by atoms with E-state index in [0.29, 0.717) is 0 Å². The van der Waals surface area contributed by atoms with E-state index >= 15 is 0 Å². The maximum Gasteiger partial charge on any atom is 0.0701 e. The summed E-state index contributed by atoms with van der Waals surface area (Å²) in [6.45, 7) is 12.7. The summed E-state index contributed by atoms with van der Waals surface area (Å²) in [7, 11) is 0. The van der Waals surface area contributed by atoms with E-state index in [4.69, 9.17) is 4.74 Å². The third-order valence-electron chi connectivity index (χ3n) is 4.02. The topological polar surface area (TPSA) is 29.5 Å². The molecular formula is C14H28O2. The minimum atomic E-state index is -0.563. The van der Waals surface area contributed by atoms with Crippen molar-refractivity contribution in [2.45, 2.75) is 84.0 Å². The van der Waals surface area contributed by atoms with Crippen molar-refractivity contribution in [3.05, 3.63) is 0 Å². The fraction of sp³-hybridized carbons (Fsp3) is 1.00. The molecule has 2 heteroatoms. The molecule has 2 atom stereocenters. The lowest BCUT2D eigenvalue weighted by molar-refractivity contribution is -0.117. The molecule has 1 N–H and O–H groups in total. The van der Waals surface area contributed by atoms with Crippen molar-refractivity contribution in [2.24, 2.45) is 5.92 Å². The van der Waals surface area contributed by atoms with Crippen LogP contribution in [0.2, 0.25) is 0 Å². The fourth-order valence-electron chi connectivity index (χ4n) is 3.43. The molecule has 2 nitrogen and oxygen atoms in total. The van der Waals surface area contributed by atoms with Crippen LogP contribution >= 0.6 is 0 Å². The van der Waals surface area contributed by atoms with E-state index in [2.05, 4.69) is 41.5 Å². The highest BCUT2D eigenvalue weighted by molar-refractivity contribution is 5.03. The molecule has 1 heterocycles. The Morgan fingerprint density at radius 1 is 1.25 bits per heavy atom. The summed E-state index contributed by atoms with van der Waals surface area (Å²) in [5, 5.41) is 10.8. The van der Waals surface area contributed by atoms with Crippen molar-refractivity contribution in [3.63, 3.8) is 0 Å². The zero-order chi connectivity index (χ0) is 12.6. The van der Waals surface area contributed by atoms with Crippen LogP contribution in [0.25, 0.3) is 0 Å². The fourth-order valence-corrected chi connectivity index (χ4v) is 3.43. The second kappa shape index (κ2) is 4.30. The van der Waals surface area contributed by atoms with Gasteiger partial charge in [0.2, 0.25) is 0 Å². The Bertz CT molecular complexity index is 245. The van der Waals surface area contributed by atoms with E-state index in [-0.39, 0.29) is 17.1 Å². The van der Waals surface area contributed by atoms with E-state index in [1.807, 2.05) is 0 Å². The molecule has 2 unspecified atom stereocenters. The first-order chi connectivity index (χ1) is 7.17. The molecule has 0 amide bonds. The van der Waals surface area contributed by atoms with Gasteiger partial charge in [-0.15, -0.1) is 0 Å². The summed E-state index contributed by atoms with van der Waals surface area (Å²) in [6.07, 6.45) is 3.66. The van der Waals surface area contributed by atoms with Crippen molar-refractivity contribution < 1.29 is 9.84 Å². The van der Waals surface area contributed by atoms with Gasteiger partial charge in [-0.2, -0.15) is 0 Å². The van der Waals surface area contributed by atoms with Crippen LogP contribution in [0.5, 0.6) is 0 Å². The van der Waals surface area contributed by atoms with E-state index in [9.17, 15) is 5.11 Å². The largest absolute Gasteiger partial charge is 0.389 e. The molecular weight excluding hydrogens is 200 g/mol. The van der Waals surface area contributed by atoms with Gasteiger partial charge in [0.05, 0.1) is 16.8 Å². The summed E-state index contributed by atoms with van der Waals surface area (Å²) < 4.78 is 6.08. The molecule has 1 fully saturated rings. The van der Waals surface area contributed by atoms with Crippen molar-refractivity contribution in [1.29, 1.82) is 0 Å². The maximum absolute atomic E-state index is 10.8. The van der Waals surface area contributed by atoms with E-state index in [1.165, 1.54) is 0 Å². The average molecular weight is 228 g/mol. The van der Waals surface area contributed by atoms with E-state index < -0.39 is 5.60 Å². The molecule has 0 aliphatic carbocycles. The number of hydrogen-bond acceptors (Lipinski definition) is 2. The minimum Gasteiger partial charge on any atom is -0.389 e. The summed E-state index contributed by atoms with van der Waals surface area (Å²) in [4.78, 5) is 0. The van der Waals surface area contributed by atoms with Crippen LogP contribution in [0, 0.1) is 5.92 Å². The molecule has 1 aliphatic heterocycles. The van der Waals surface area contributed by atoms with Gasteiger partial charge in [0.15, 0.2) is 0 Å². The van der Waals surface area contributed by atoms with Crippen LogP contribution in [0.15, 0.2) is 0 Å². The van der Waals surface area contributed by atoms with Gasteiger partial charge in [-0.25, -0.2) is 0 Å². The summed E-state index contributed by atoms with van der Waals surface area (Å²) in [6, 6.07) is 0. The molecule has 1 aliphatic rings. The highest BCUT2D eigenvalue weighted by atomic mass is 16.5. The van der Waals surface area contributed by atoms with Gasteiger partial charge in [0.1, 0.15) is 0 Å². The summed E-state index contributed by atoms with van der Waals surface area (Å²) >= 11 is 0. The Morgan fingerprint density at radius 3 is 2.12 bits per heavy atom. The highest BCUT2D eigenvalue weighted by Crippen LogP contribution is 2.49. The van der Waals surface area contributed by atoms with Gasteiger partial charge in [-0.3, -0.25) is 0 Å². The molecule has 0 aromatic carbocycles. The molecule has 0 radical (unpaired) electrons. The Morgan fingerprint density at radius 2 is 1.81 bits per heavy atom. The first kappa shape index (κ1) is 14.0. The maximum atomic E-state index is 10.8. The molecule has 16 heavy (non-hydrogen) atoms. The van der Waals surface area contributed by atoms with Gasteiger partial charge < -0.3 is 9.84 Å². The second-order valence-electron chi connectivity index (χ2n) is 6.43. The average Bonchev–Trinajstić information content (AvgIpc) is 2.35. The predicted octanol–water partition coefficient (Wildman–Crippen LogP) is 3.52. The van der Waals surface area contributed by atoms with Gasteiger partial charge >= 0.3 is 0 Å². The first-order valence-corrected chi connectivity index (χ1v) is 6.59. The zero-order valence-electron chi connectivity index (χ0n) is 11.8. The third-order valence-corrected chi connectivity index (χ3v) is 4.02. The molecule has 0 aromatic heterocycles. The van der Waals surface area contributed by atoms with Crippen molar-refractivity contribution >= 4 is 0 Å². The highest BCUT2D eigenvalue weighted by Gasteiger charge is 2.53. The van der Waals surface area contributed by atoms with Crippen LogP contribution < -0.4 is 0 Å². The molecule has 96 valence electrons. The van der Waals surface area contributed by atoms with Crippen molar-refractivity contribution in [2.75, 3.05) is 0 Å². The zero-order valence-corrected chi connectivity index (χ0v) is 11.8. The van der Waals surface area contributed by atoms with E-state index in [1.54, 1.807) is 0 Å². The molecule has 0 bridgehead atoms. The normalized spacial score (nSPS) is 31.3. The predicted molar refractivity (Wildman–Crippen MR) is 67.5 cm³/mol. The van der Waals surface area contributed by atoms with Gasteiger partial charge in [-0.1, -0.05) is 20.3 Å². The lowest BCUT2D eigenvalue weighted by Crippen LogP contribution is -2.46. The lowest BCUT2D eigenvalue weighted by atomic mass is 9.71. The van der Waals surface area contributed by atoms with Gasteiger partial charge in [0, 0.05) is 5.92 Å². The number of rotatable bonds is 4. The Labute approximate surface area is 100 Å². The second-order valence-corrected chi connectivity index (χ2v) is 6.43. The lowest BCUT2D eigenvalue weighted by Gasteiger charge is -2.39. The van der Waals surface area contributed by atoms with Crippen LogP contribution in [0.1, 0.15) is 67.2 Å². The standard InChI is InChI=1S/C14H28O2/c1-7-9-14(15,8-2)11-10-12(3,4)16-13(11,5)6/h11,15H,7-10H2,1-6H3. The molecule has 0 saturated carbocycles. The molecule has 0 aromatic rings. The summed E-state index contributed by atoms with van der Waals surface area (Å²) in [5.74, 6) is 0.236. The third kappa shape index (κ3) is 2.60. The molecule has 1 rings (SSSR count). The molecule has 0 spiro atoms. The number of ether oxygens (including phenoxy) is 1. The number of hydrogen-bond donors (Lipinski definition) is 1. The Kier molecular flexibility index (Phi) is 3.76. The quantitative estimate of drug-likeness (QED) is 0.797. The Hall–Kier alpha value is -0.0800. The van der Waals surface area contributed by atoms with Crippen molar-refractivity contribution in [3.8, 4) is 0 Å². The van der Waals surface area contributed by atoms with E-state index in [0.717, 1.165) is 25.7 Å². The van der Waals surface area contributed by atoms with Crippen LogP contribution in [-0.2, 0) is 4.74 Å². The summed E-state index contributed by atoms with van der Waals surface area (Å²) in [5.41, 5.74) is -0.888. The van der Waals surface area contributed by atoms with Gasteiger partial charge in [-0.05, 0) is 47.0 Å². The minimum absolute atomic E-state index is 0.106. The smallest absolute Gasteiger partial charge is 0.0701 e. The SMILES string of the molecule is CCCC(O)(CC)C1CC(C)(C)OC1(C)C. The first-order valence-electron chi connectivity index (χ1n) is 6.59. The van der Waals surface area contributed by atoms with Crippen LogP contribution in [0.3, 0.4) is 0 Å². The molecule has 1 saturated heterocycles. The van der Waals surface area contributed by atoms with Crippen LogP contribution in [-0.4, -0.2) is 21.9 Å². The van der Waals surface area contributed by atoms with Crippen LogP contribution in [0.4, 0.5) is 0 Å².